The van der Waals surface area contributed by atoms with Crippen LogP contribution in [0.2, 0.25) is 0 Å². The predicted octanol–water partition coefficient (Wildman–Crippen LogP) is -5.57. The summed E-state index contributed by atoms with van der Waals surface area (Å²) in [5.74, 6) is -1.61. The van der Waals surface area contributed by atoms with Crippen LogP contribution in [0.15, 0.2) is 0 Å². The van der Waals surface area contributed by atoms with Gasteiger partial charge in [-0.05, 0) is 27.7 Å². The van der Waals surface area contributed by atoms with E-state index in [1.807, 2.05) is 0 Å². The minimum atomic E-state index is -1.68. The Morgan fingerprint density at radius 3 is 1.47 bits per heavy atom. The third kappa shape index (κ3) is 36.5. The SMILES string of the molecule is CCO.CCOC(=O)C(O)C(C)N.CCOC(=O)C(O)C(C)[N+](=O)[O-].[H-].[K+].[K][K].[K][K]. The zero-order chi connectivity index (χ0) is 24.6. The fraction of sp³-hybridized carbons (Fsp3) is 0.857. The van der Waals surface area contributed by atoms with Gasteiger partial charge in [-0.3, -0.25) is 10.1 Å². The third-order valence-electron chi connectivity index (χ3n) is 2.34. The van der Waals surface area contributed by atoms with Crippen molar-refractivity contribution in [2.75, 3.05) is 19.8 Å². The number of nitro groups is 1. The number of aliphatic hydroxyl groups is 3. The molecule has 0 aromatic rings. The molecule has 5 N–H and O–H groups in total. The van der Waals surface area contributed by atoms with E-state index in [0.717, 1.165) is 6.92 Å². The number of nitrogens with zero attached hydrogens (tertiary/aromatic N) is 1. The molecule has 30 heavy (non-hydrogen) atoms. The van der Waals surface area contributed by atoms with Gasteiger partial charge in [0.2, 0.25) is 12.1 Å². The summed E-state index contributed by atoms with van der Waals surface area (Å²) in [4.78, 5) is 30.7. The number of carbonyl (C=O) groups is 2. The van der Waals surface area contributed by atoms with Crippen LogP contribution >= 0.6 is 0 Å². The van der Waals surface area contributed by atoms with Crippen molar-refractivity contribution < 1.29 is 92.1 Å². The number of aliphatic hydroxyl groups excluding tert-OH is 3. The molecule has 0 bridgehead atoms. The van der Waals surface area contributed by atoms with E-state index in [-0.39, 0.29) is 72.6 Å². The first kappa shape index (κ1) is 49.3. The molecule has 0 aliphatic rings. The number of hydrogen-bond acceptors (Lipinski definition) is 10. The Hall–Kier alpha value is 6.36. The second-order valence-corrected chi connectivity index (χ2v) is 4.60. The molecule has 0 aliphatic carbocycles. The van der Waals surface area contributed by atoms with Gasteiger partial charge >= 0.3 is 190 Å². The first-order valence-electron chi connectivity index (χ1n) is 9.70. The molecule has 0 fully saturated rings. The van der Waals surface area contributed by atoms with Crippen molar-refractivity contribution in [2.45, 2.75) is 58.9 Å². The monoisotopic (exact) mass is 566 g/mol. The first-order chi connectivity index (χ1) is 13.5. The molecule has 0 rings (SSSR count). The second-order valence-electron chi connectivity index (χ2n) is 4.60. The van der Waals surface area contributed by atoms with Gasteiger partial charge in [0.25, 0.3) is 0 Å². The molecule has 0 saturated heterocycles. The summed E-state index contributed by atoms with van der Waals surface area (Å²) >= 11 is 5.00. The summed E-state index contributed by atoms with van der Waals surface area (Å²) < 4.78 is 8.88. The number of hydrogen-bond donors (Lipinski definition) is 4. The molecule has 0 radical (unpaired) electrons. The summed E-state index contributed by atoms with van der Waals surface area (Å²) in [5, 5.41) is 35.6. The van der Waals surface area contributed by atoms with Crippen LogP contribution in [0.1, 0.15) is 36.0 Å². The molecule has 4 unspecified atom stereocenters. The van der Waals surface area contributed by atoms with Crippen molar-refractivity contribution in [1.29, 1.82) is 0 Å². The van der Waals surface area contributed by atoms with Gasteiger partial charge in [0.1, 0.15) is 0 Å². The molecule has 0 aromatic carbocycles. The van der Waals surface area contributed by atoms with Gasteiger partial charge in [-0.15, -0.1) is 0 Å². The van der Waals surface area contributed by atoms with E-state index in [4.69, 9.17) is 21.1 Å². The van der Waals surface area contributed by atoms with Gasteiger partial charge in [0.05, 0.1) is 13.2 Å². The quantitative estimate of drug-likeness (QED) is 0.100. The molecule has 16 heteroatoms. The number of esters is 2. The maximum absolute atomic E-state index is 10.7. The van der Waals surface area contributed by atoms with E-state index in [1.165, 1.54) is 126 Å². The molecule has 0 spiro atoms. The van der Waals surface area contributed by atoms with Crippen molar-refractivity contribution in [1.82, 2.24) is 0 Å². The Kier molecular flexibility index (Phi) is 65.5. The van der Waals surface area contributed by atoms with Gasteiger partial charge in [0.15, 0.2) is 6.10 Å². The van der Waals surface area contributed by atoms with Crippen molar-refractivity contribution >= 4 is 138 Å². The van der Waals surface area contributed by atoms with E-state index in [1.54, 1.807) is 27.7 Å². The van der Waals surface area contributed by atoms with E-state index in [2.05, 4.69) is 9.47 Å². The van der Waals surface area contributed by atoms with Gasteiger partial charge in [-0.2, -0.15) is 0 Å². The van der Waals surface area contributed by atoms with Crippen LogP contribution in [0.3, 0.4) is 0 Å². The van der Waals surface area contributed by atoms with Gasteiger partial charge in [-0.1, -0.05) is 0 Å². The van der Waals surface area contributed by atoms with E-state index < -0.39 is 41.2 Å². The molecule has 0 heterocycles. The van der Waals surface area contributed by atoms with Crippen LogP contribution in [0, 0.1) is 10.1 Å². The standard InChI is InChI=1S/C6H11NO5.C6H13NO3.C2H6O.5K.H/c1-3-12-6(9)5(8)4(2)7(10)11;1-3-10-6(9)5(8)4(2)7;1-2-3;;;;;;/h4-5,8H,3H2,1-2H3;4-5,8H,3,7H2,1-2H3;3H,2H2,1H3;;;;;;/q;;;;;;;+1;-1. The summed E-state index contributed by atoms with van der Waals surface area (Å²) in [6.45, 7) is 8.21. The van der Waals surface area contributed by atoms with Crippen molar-refractivity contribution in [3.8, 4) is 0 Å². The molecule has 4 atom stereocenters. The maximum atomic E-state index is 10.7. The Morgan fingerprint density at radius 2 is 1.27 bits per heavy atom. The topological polar surface area (TPSA) is 182 Å². The Labute approximate surface area is 313 Å². The van der Waals surface area contributed by atoms with Crippen molar-refractivity contribution in [3.63, 3.8) is 0 Å². The zero-order valence-corrected chi connectivity index (χ0v) is 35.9. The van der Waals surface area contributed by atoms with Crippen LogP contribution in [0.4, 0.5) is 0 Å². The van der Waals surface area contributed by atoms with Crippen molar-refractivity contribution in [3.05, 3.63) is 10.1 Å². The molecule has 156 valence electrons. The Bertz CT molecular complexity index is 403. The van der Waals surface area contributed by atoms with Crippen LogP contribution in [-0.4, -0.2) is 203 Å². The fourth-order valence-corrected chi connectivity index (χ4v) is 0.982. The average Bonchev–Trinajstić information content (AvgIpc) is 2.70. The van der Waals surface area contributed by atoms with Gasteiger partial charge < -0.3 is 32.0 Å². The zero-order valence-electron chi connectivity index (χ0n) is 21.2. The number of rotatable bonds is 7. The van der Waals surface area contributed by atoms with Crippen LogP contribution in [0.25, 0.3) is 0 Å². The number of nitrogens with two attached hydrogens (primary N) is 1. The molecule has 0 aliphatic heterocycles. The molecule has 0 amide bonds. The van der Waals surface area contributed by atoms with Crippen molar-refractivity contribution in [2.24, 2.45) is 5.73 Å². The molecular weight excluding hydrogens is 536 g/mol. The Morgan fingerprint density at radius 1 is 1.00 bits per heavy atom. The Balaban J connectivity index is -0.0000000551. The summed E-state index contributed by atoms with van der Waals surface area (Å²) in [5.41, 5.74) is 5.22. The van der Waals surface area contributed by atoms with Crippen LogP contribution in [-0.2, 0) is 19.1 Å². The summed E-state index contributed by atoms with van der Waals surface area (Å²) in [7, 11) is 0. The normalized spacial score (nSPS) is 12.4. The molecule has 0 saturated carbocycles. The summed E-state index contributed by atoms with van der Waals surface area (Å²) in [6, 6.07) is -1.90. The average molecular weight is 567 g/mol. The fourth-order valence-electron chi connectivity index (χ4n) is 0.982. The molecular formula is C14H31K5N2O9. The molecule has 0 aromatic heterocycles. The van der Waals surface area contributed by atoms with E-state index in [9.17, 15) is 19.7 Å². The predicted molar refractivity (Wildman–Crippen MR) is 112 cm³/mol. The molecule has 11 nitrogen and oxygen atoms in total. The van der Waals surface area contributed by atoms with Crippen LogP contribution in [0.5, 0.6) is 0 Å². The number of carbonyl (C=O) groups excluding carboxylic acids is 2. The second kappa shape index (κ2) is 39.9. The number of ether oxygens (including phenoxy) is 2. The van der Waals surface area contributed by atoms with Gasteiger partial charge in [0, 0.05) is 24.5 Å². The first-order valence-corrected chi connectivity index (χ1v) is 41.7. The van der Waals surface area contributed by atoms with E-state index >= 15 is 0 Å². The van der Waals surface area contributed by atoms with Crippen LogP contribution < -0.4 is 57.1 Å². The van der Waals surface area contributed by atoms with Gasteiger partial charge in [-0.25, -0.2) is 9.59 Å². The summed E-state index contributed by atoms with van der Waals surface area (Å²) in [6.07, 6.45) is -2.88. The van der Waals surface area contributed by atoms with E-state index in [0.29, 0.717) is 0 Å². The minimum absolute atomic E-state index is 0. The third-order valence-corrected chi connectivity index (χ3v) is 2.34.